The summed E-state index contributed by atoms with van der Waals surface area (Å²) in [6, 6.07) is 20.3. The van der Waals surface area contributed by atoms with Gasteiger partial charge in [0.25, 0.3) is 0 Å². The molecule has 0 amide bonds. The lowest BCUT2D eigenvalue weighted by molar-refractivity contribution is -0.141. The van der Waals surface area contributed by atoms with Crippen LogP contribution in [-0.2, 0) is 17.8 Å². The minimum atomic E-state index is -0.758. The highest BCUT2D eigenvalue weighted by atomic mass is 35.5. The standard InChI is InChI=1S/C42H38ClN7O4/c1-23-28(4-3-7-34(23)47-40-38-25(10-13-45-40)16-24(19-46-38)20-49-14-12-27(51)22-49)30-5-2-6-31(37(30)43)41-48-35-17-32-29(33(18-44)39(35)54-41)8-9-36(32)50-15-11-26(21-50)42(52)53/h2-7,10,13,16-17,19,26-27,36,51H,8-9,11-12,14-15,20-22H2,1H3,(H,45,47)(H,52,53)/t26-,27-,36-/m1/s1. The smallest absolute Gasteiger partial charge is 0.307 e. The highest BCUT2D eigenvalue weighted by molar-refractivity contribution is 6.36. The maximum atomic E-state index is 11.7. The van der Waals surface area contributed by atoms with E-state index < -0.39 is 5.97 Å². The van der Waals surface area contributed by atoms with Gasteiger partial charge in [-0.3, -0.25) is 19.6 Å². The molecule has 12 heteroatoms. The molecule has 2 aliphatic heterocycles. The SMILES string of the molecule is Cc1c(Nc2nccc3cc(CN4CC[C@@H](O)C4)cnc23)cccc1-c1cccc(-c2nc3cc4c(c(C#N)c3o2)CC[C@H]4N2CC[C@@H](C(=O)O)C2)c1Cl. The summed E-state index contributed by atoms with van der Waals surface area (Å²) in [6.07, 6.45) is 6.38. The number of carbonyl (C=O) groups is 1. The van der Waals surface area contributed by atoms with Crippen LogP contribution in [0.15, 0.2) is 71.4 Å². The van der Waals surface area contributed by atoms with Crippen LogP contribution in [0.4, 0.5) is 11.5 Å². The normalized spacial score (nSPS) is 20.1. The fraction of sp³-hybridized carbons (Fsp3) is 0.310. The van der Waals surface area contributed by atoms with Crippen molar-refractivity contribution in [2.75, 3.05) is 31.5 Å². The Labute approximate surface area is 316 Å². The number of halogens is 1. The molecule has 0 spiro atoms. The molecule has 0 radical (unpaired) electrons. The van der Waals surface area contributed by atoms with E-state index in [4.69, 9.17) is 26.0 Å². The van der Waals surface area contributed by atoms with Crippen molar-refractivity contribution >= 4 is 51.1 Å². The lowest BCUT2D eigenvalue weighted by Crippen LogP contribution is -2.26. The highest BCUT2D eigenvalue weighted by Gasteiger charge is 2.37. The highest BCUT2D eigenvalue weighted by Crippen LogP contribution is 2.45. The minimum Gasteiger partial charge on any atom is -0.481 e. The second-order valence-corrected chi connectivity index (χ2v) is 15.1. The molecule has 54 heavy (non-hydrogen) atoms. The largest absolute Gasteiger partial charge is 0.481 e. The molecule has 272 valence electrons. The number of pyridine rings is 2. The van der Waals surface area contributed by atoms with Crippen molar-refractivity contribution in [1.29, 1.82) is 5.26 Å². The predicted molar refractivity (Wildman–Crippen MR) is 206 cm³/mol. The van der Waals surface area contributed by atoms with E-state index in [9.17, 15) is 20.3 Å². The number of hydrogen-bond donors (Lipinski definition) is 3. The van der Waals surface area contributed by atoms with Gasteiger partial charge in [-0.1, -0.05) is 35.9 Å². The zero-order valence-electron chi connectivity index (χ0n) is 29.7. The van der Waals surface area contributed by atoms with E-state index in [-0.39, 0.29) is 18.1 Å². The molecule has 3 aromatic carbocycles. The maximum absolute atomic E-state index is 11.7. The van der Waals surface area contributed by atoms with Crippen molar-refractivity contribution in [3.05, 3.63) is 99.8 Å². The summed E-state index contributed by atoms with van der Waals surface area (Å²) >= 11 is 7.20. The van der Waals surface area contributed by atoms with Gasteiger partial charge in [0.2, 0.25) is 5.89 Å². The van der Waals surface area contributed by atoms with Gasteiger partial charge in [-0.05, 0) is 97.3 Å². The van der Waals surface area contributed by atoms with Gasteiger partial charge in [0.1, 0.15) is 22.7 Å². The van der Waals surface area contributed by atoms with Gasteiger partial charge in [0.15, 0.2) is 11.4 Å². The first-order chi connectivity index (χ1) is 26.2. The summed E-state index contributed by atoms with van der Waals surface area (Å²) in [5.41, 5.74) is 9.55. The first-order valence-electron chi connectivity index (χ1n) is 18.4. The van der Waals surface area contributed by atoms with Crippen molar-refractivity contribution in [3.63, 3.8) is 0 Å². The molecule has 2 fully saturated rings. The molecule has 3 atom stereocenters. The van der Waals surface area contributed by atoms with Gasteiger partial charge in [-0.2, -0.15) is 5.26 Å². The van der Waals surface area contributed by atoms with Gasteiger partial charge in [-0.15, -0.1) is 0 Å². The molecule has 3 N–H and O–H groups in total. The molecule has 0 bridgehead atoms. The quantitative estimate of drug-likeness (QED) is 0.141. The summed E-state index contributed by atoms with van der Waals surface area (Å²) in [5, 5.41) is 34.8. The maximum Gasteiger partial charge on any atom is 0.307 e. The Morgan fingerprint density at radius 2 is 1.89 bits per heavy atom. The molecule has 9 rings (SSSR count). The molecular weight excluding hydrogens is 702 g/mol. The van der Waals surface area contributed by atoms with Crippen LogP contribution >= 0.6 is 11.6 Å². The van der Waals surface area contributed by atoms with Crippen LogP contribution < -0.4 is 5.32 Å². The minimum absolute atomic E-state index is 0.0460. The Morgan fingerprint density at radius 3 is 2.69 bits per heavy atom. The number of aliphatic hydroxyl groups excluding tert-OH is 1. The summed E-state index contributed by atoms with van der Waals surface area (Å²) in [7, 11) is 0. The Balaban J connectivity index is 1.01. The van der Waals surface area contributed by atoms with Crippen LogP contribution in [0.3, 0.4) is 0 Å². The third kappa shape index (κ3) is 6.05. The molecule has 1 aliphatic carbocycles. The van der Waals surface area contributed by atoms with Gasteiger partial charge < -0.3 is 19.9 Å². The second-order valence-electron chi connectivity index (χ2n) is 14.7. The third-order valence-corrected chi connectivity index (χ3v) is 11.8. The molecule has 11 nitrogen and oxygen atoms in total. The number of fused-ring (bicyclic) bond motifs is 3. The number of hydrogen-bond acceptors (Lipinski definition) is 10. The van der Waals surface area contributed by atoms with Gasteiger partial charge >= 0.3 is 5.97 Å². The monoisotopic (exact) mass is 739 g/mol. The Hall–Kier alpha value is -5.38. The number of nitrogens with one attached hydrogen (secondary N) is 1. The zero-order valence-corrected chi connectivity index (χ0v) is 30.5. The molecule has 0 saturated carbocycles. The van der Waals surface area contributed by atoms with E-state index in [2.05, 4.69) is 32.2 Å². The molecule has 2 saturated heterocycles. The van der Waals surface area contributed by atoms with Crippen molar-refractivity contribution in [1.82, 2.24) is 24.8 Å². The van der Waals surface area contributed by atoms with Gasteiger partial charge in [0, 0.05) is 61.3 Å². The lowest BCUT2D eigenvalue weighted by Gasteiger charge is -2.24. The van der Waals surface area contributed by atoms with E-state index in [0.29, 0.717) is 65.0 Å². The van der Waals surface area contributed by atoms with Crippen LogP contribution in [-0.4, -0.2) is 73.2 Å². The average molecular weight is 740 g/mol. The Morgan fingerprint density at radius 1 is 1.06 bits per heavy atom. The fourth-order valence-electron chi connectivity index (χ4n) is 8.61. The van der Waals surface area contributed by atoms with Crippen molar-refractivity contribution in [2.24, 2.45) is 5.92 Å². The van der Waals surface area contributed by atoms with Crippen molar-refractivity contribution in [3.8, 4) is 28.7 Å². The van der Waals surface area contributed by atoms with E-state index in [1.54, 1.807) is 6.20 Å². The third-order valence-electron chi connectivity index (χ3n) is 11.4. The number of benzene rings is 3. The van der Waals surface area contributed by atoms with E-state index in [1.807, 2.05) is 61.7 Å². The average Bonchev–Trinajstić information content (AvgIpc) is 3.99. The fourth-order valence-corrected chi connectivity index (χ4v) is 8.91. The number of anilines is 2. The number of oxazole rings is 1. The van der Waals surface area contributed by atoms with Gasteiger partial charge in [0.05, 0.1) is 22.6 Å². The number of nitriles is 1. The molecule has 5 heterocycles. The van der Waals surface area contributed by atoms with Crippen LogP contribution in [0.2, 0.25) is 5.02 Å². The number of nitrogens with zero attached hydrogens (tertiary/aromatic N) is 6. The van der Waals surface area contributed by atoms with Crippen LogP contribution in [0.5, 0.6) is 0 Å². The number of likely N-dealkylation sites (tertiary alicyclic amines) is 2. The molecule has 6 aromatic rings. The number of aliphatic hydroxyl groups is 1. The van der Waals surface area contributed by atoms with Crippen molar-refractivity contribution < 1.29 is 19.4 Å². The first kappa shape index (κ1) is 34.4. The second kappa shape index (κ2) is 13.8. The number of β-amino-alcohol motifs (C(OH)–C–C–N with tert-alkyl or cyclic N) is 1. The van der Waals surface area contributed by atoms with Crippen LogP contribution in [0, 0.1) is 24.2 Å². The molecule has 3 aliphatic rings. The summed E-state index contributed by atoms with van der Waals surface area (Å²) in [6.45, 7) is 5.56. The lowest BCUT2D eigenvalue weighted by atomic mass is 9.97. The summed E-state index contributed by atoms with van der Waals surface area (Å²) in [4.78, 5) is 30.4. The number of aromatic nitrogens is 3. The predicted octanol–water partition coefficient (Wildman–Crippen LogP) is 7.64. The Kier molecular flexibility index (Phi) is 8.79. The van der Waals surface area contributed by atoms with Crippen molar-refractivity contribution in [2.45, 2.75) is 51.3 Å². The number of carboxylic acids is 1. The summed E-state index contributed by atoms with van der Waals surface area (Å²) < 4.78 is 6.36. The molecule has 3 aromatic heterocycles. The van der Waals surface area contributed by atoms with E-state index >= 15 is 0 Å². The first-order valence-corrected chi connectivity index (χ1v) is 18.8. The molecular formula is C42H38ClN7O4. The number of rotatable bonds is 8. The summed E-state index contributed by atoms with van der Waals surface area (Å²) in [5.74, 6) is -0.147. The molecule has 0 unspecified atom stereocenters. The van der Waals surface area contributed by atoms with Crippen LogP contribution in [0.1, 0.15) is 53.1 Å². The van der Waals surface area contributed by atoms with Crippen LogP contribution in [0.25, 0.3) is 44.6 Å². The number of aliphatic carboxylic acids is 1. The number of carboxylic acid groups (broad SMARTS) is 1. The van der Waals surface area contributed by atoms with E-state index in [1.165, 1.54) is 0 Å². The van der Waals surface area contributed by atoms with E-state index in [0.717, 1.165) is 82.3 Å². The zero-order chi connectivity index (χ0) is 37.1. The topological polar surface area (TPSA) is 152 Å². The Bertz CT molecular complexity index is 2510. The van der Waals surface area contributed by atoms with Gasteiger partial charge in [-0.25, -0.2) is 9.97 Å².